The number of halogens is 1. The van der Waals surface area contributed by atoms with Gasteiger partial charge in [-0.15, -0.1) is 0 Å². The molecule has 2 aromatic heterocycles. The Morgan fingerprint density at radius 3 is 2.76 bits per heavy atom. The number of fused-ring (bicyclic) bond motifs is 1. The molecular formula is C19H17ClN6O5S2. The zero-order valence-corrected chi connectivity index (χ0v) is 19.4. The van der Waals surface area contributed by atoms with Crippen molar-refractivity contribution in [3.05, 3.63) is 45.2 Å². The number of anilines is 1. The molecule has 2 amide bonds. The van der Waals surface area contributed by atoms with Crippen molar-refractivity contribution in [3.8, 4) is 0 Å². The maximum Gasteiger partial charge on any atom is 0.355 e. The number of nitrogens with zero attached hydrogens (tertiary/aromatic N) is 4. The van der Waals surface area contributed by atoms with E-state index in [9.17, 15) is 19.6 Å². The summed E-state index contributed by atoms with van der Waals surface area (Å²) in [4.78, 5) is 49.0. The highest BCUT2D eigenvalue weighted by atomic mass is 35.5. The first-order valence-electron chi connectivity index (χ1n) is 9.53. The number of thioether (sulfide) groups is 1. The van der Waals surface area contributed by atoms with Crippen molar-refractivity contribution in [3.63, 3.8) is 0 Å². The predicted octanol–water partition coefficient (Wildman–Crippen LogP) is 1.62. The second-order valence-corrected chi connectivity index (χ2v) is 9.74. The topological polar surface area (TPSA) is 160 Å². The number of hydrogen-bond donors (Lipinski definition) is 3. The summed E-state index contributed by atoms with van der Waals surface area (Å²) in [5.74, 6) is -1.97. The number of oxime groups is 1. The third-order valence-corrected chi connectivity index (χ3v) is 7.33. The van der Waals surface area contributed by atoms with Gasteiger partial charge in [-0.2, -0.15) is 0 Å². The minimum atomic E-state index is -0.920. The molecule has 0 aromatic carbocycles. The number of aromatic nitrogens is 2. The van der Waals surface area contributed by atoms with Gasteiger partial charge in [0.25, 0.3) is 11.8 Å². The van der Waals surface area contributed by atoms with E-state index in [1.807, 2.05) is 0 Å². The Balaban J connectivity index is 1.55. The number of allylic oxidation sites excluding steroid dienone is 1. The van der Waals surface area contributed by atoms with Crippen LogP contribution in [0.5, 0.6) is 0 Å². The van der Waals surface area contributed by atoms with E-state index in [0.717, 1.165) is 16.2 Å². The molecule has 2 aromatic rings. The third kappa shape index (κ3) is 4.26. The Kier molecular flexibility index (Phi) is 6.54. The predicted molar refractivity (Wildman–Crippen MR) is 121 cm³/mol. The number of nitrogens with one attached hydrogen (secondary N) is 1. The van der Waals surface area contributed by atoms with Crippen LogP contribution in [0.4, 0.5) is 5.13 Å². The molecule has 11 nitrogen and oxygen atoms in total. The Morgan fingerprint density at radius 1 is 1.42 bits per heavy atom. The zero-order valence-electron chi connectivity index (χ0n) is 17.0. The van der Waals surface area contributed by atoms with Crippen LogP contribution in [0.3, 0.4) is 0 Å². The molecule has 4 N–H and O–H groups in total. The molecule has 0 spiro atoms. The molecule has 172 valence electrons. The Hall–Kier alpha value is -3.16. The van der Waals surface area contributed by atoms with E-state index >= 15 is 0 Å². The summed E-state index contributed by atoms with van der Waals surface area (Å²) in [5, 5.41) is 14.9. The lowest BCUT2D eigenvalue weighted by molar-refractivity contribution is -0.156. The minimum absolute atomic E-state index is 0.0726. The fraction of sp³-hybridized carbons (Fsp3) is 0.263. The van der Waals surface area contributed by atoms with Crippen LogP contribution in [0.15, 0.2) is 45.2 Å². The SMILES string of the molecule is COC(=O)C1=C(Sc2ccncc2)CC[C@@H]2[C@H](NC(=O)/C(=N\O)c3nc(N)sc3Cl)C(=O)N12. The van der Waals surface area contributed by atoms with Crippen molar-refractivity contribution in [2.45, 2.75) is 29.8 Å². The first-order chi connectivity index (χ1) is 15.8. The molecule has 0 aliphatic carbocycles. The summed E-state index contributed by atoms with van der Waals surface area (Å²) in [6.45, 7) is 0. The minimum Gasteiger partial charge on any atom is -0.464 e. The molecule has 1 saturated heterocycles. The maximum atomic E-state index is 13.0. The van der Waals surface area contributed by atoms with Gasteiger partial charge in [-0.05, 0) is 25.0 Å². The molecule has 2 atom stereocenters. The van der Waals surface area contributed by atoms with Crippen LogP contribution >= 0.6 is 34.7 Å². The van der Waals surface area contributed by atoms with Crippen LogP contribution in [-0.2, 0) is 19.1 Å². The first kappa shape index (κ1) is 23.0. The molecule has 4 rings (SSSR count). The van der Waals surface area contributed by atoms with Gasteiger partial charge in [0.15, 0.2) is 10.8 Å². The summed E-state index contributed by atoms with van der Waals surface area (Å²) in [6.07, 6.45) is 4.26. The van der Waals surface area contributed by atoms with Gasteiger partial charge in [0.2, 0.25) is 0 Å². The fourth-order valence-corrected chi connectivity index (χ4v) is 5.61. The summed E-state index contributed by atoms with van der Waals surface area (Å²) in [7, 11) is 1.24. The Bertz CT molecular complexity index is 1180. The van der Waals surface area contributed by atoms with Gasteiger partial charge >= 0.3 is 5.97 Å². The lowest BCUT2D eigenvalue weighted by atomic mass is 9.86. The molecule has 4 heterocycles. The van der Waals surface area contributed by atoms with Crippen LogP contribution in [0.25, 0.3) is 0 Å². The quantitative estimate of drug-likeness (QED) is 0.173. The first-order valence-corrected chi connectivity index (χ1v) is 11.5. The van der Waals surface area contributed by atoms with E-state index in [0.29, 0.717) is 17.7 Å². The third-order valence-electron chi connectivity index (χ3n) is 5.09. The standard InChI is InChI=1S/C19H17ClN6O5S2/c1-31-18(29)14-10(32-8-4-6-22-7-5-8)3-2-9-11(17(28)26(9)14)23-16(27)13(25-30)12-15(20)33-19(21)24-12/h4-7,9,11,30H,2-3H2,1H3,(H2,21,24)(H,23,27)/b25-13-/t9-,11+/m1/s1. The zero-order chi connectivity index (χ0) is 23.7. The normalized spacial score (nSPS) is 20.2. The highest BCUT2D eigenvalue weighted by Crippen LogP contribution is 2.43. The van der Waals surface area contributed by atoms with Gasteiger partial charge < -0.3 is 21.0 Å². The second kappa shape index (κ2) is 9.37. The molecule has 14 heteroatoms. The molecular weight excluding hydrogens is 492 g/mol. The average molecular weight is 509 g/mol. The Labute approximate surface area is 200 Å². The molecule has 33 heavy (non-hydrogen) atoms. The van der Waals surface area contributed by atoms with Gasteiger partial charge in [-0.25, -0.2) is 9.78 Å². The number of nitrogens with two attached hydrogens (primary N) is 1. The number of carbonyl (C=O) groups excluding carboxylic acids is 3. The number of nitrogen functional groups attached to an aromatic ring is 1. The smallest absolute Gasteiger partial charge is 0.355 e. The van der Waals surface area contributed by atoms with Crippen molar-refractivity contribution < 1.29 is 24.3 Å². The maximum absolute atomic E-state index is 13.0. The Morgan fingerprint density at radius 2 is 2.15 bits per heavy atom. The van der Waals surface area contributed by atoms with E-state index in [-0.39, 0.29) is 20.9 Å². The van der Waals surface area contributed by atoms with E-state index in [1.54, 1.807) is 24.5 Å². The van der Waals surface area contributed by atoms with E-state index in [1.165, 1.54) is 23.8 Å². The van der Waals surface area contributed by atoms with Crippen molar-refractivity contribution in [2.75, 3.05) is 12.8 Å². The van der Waals surface area contributed by atoms with Crippen molar-refractivity contribution in [2.24, 2.45) is 5.16 Å². The second-order valence-electron chi connectivity index (χ2n) is 6.94. The van der Waals surface area contributed by atoms with E-state index in [2.05, 4.69) is 20.4 Å². The number of thiazole rings is 1. The number of amides is 2. The fourth-order valence-electron chi connectivity index (χ4n) is 3.64. The molecule has 0 unspecified atom stereocenters. The van der Waals surface area contributed by atoms with Gasteiger partial charge in [-0.3, -0.25) is 19.5 Å². The van der Waals surface area contributed by atoms with Crippen LogP contribution in [0.2, 0.25) is 4.34 Å². The summed E-state index contributed by atoms with van der Waals surface area (Å²) in [6, 6.07) is 2.21. The monoisotopic (exact) mass is 508 g/mol. The van der Waals surface area contributed by atoms with Gasteiger partial charge in [0.1, 0.15) is 21.8 Å². The number of rotatable bonds is 6. The molecule has 2 aliphatic rings. The number of methoxy groups -OCH3 is 1. The summed E-state index contributed by atoms with van der Waals surface area (Å²) >= 11 is 8.27. The molecule has 0 saturated carbocycles. The van der Waals surface area contributed by atoms with E-state index < -0.39 is 35.6 Å². The van der Waals surface area contributed by atoms with E-state index in [4.69, 9.17) is 22.1 Å². The van der Waals surface area contributed by atoms with Gasteiger partial charge in [0, 0.05) is 22.2 Å². The van der Waals surface area contributed by atoms with Crippen molar-refractivity contribution in [1.82, 2.24) is 20.2 Å². The van der Waals surface area contributed by atoms with Crippen LogP contribution in [0.1, 0.15) is 18.5 Å². The van der Waals surface area contributed by atoms with Crippen molar-refractivity contribution in [1.29, 1.82) is 0 Å². The molecule has 2 aliphatic heterocycles. The largest absolute Gasteiger partial charge is 0.464 e. The molecule has 0 bridgehead atoms. The summed E-state index contributed by atoms with van der Waals surface area (Å²) in [5.41, 5.74) is 5.18. The lowest BCUT2D eigenvalue weighted by Gasteiger charge is -2.50. The summed E-state index contributed by atoms with van der Waals surface area (Å²) < 4.78 is 4.99. The molecule has 1 fully saturated rings. The van der Waals surface area contributed by atoms with Gasteiger partial charge in [0.05, 0.1) is 13.2 Å². The van der Waals surface area contributed by atoms with Gasteiger partial charge in [-0.1, -0.05) is 39.9 Å². The molecule has 0 radical (unpaired) electrons. The number of esters is 1. The van der Waals surface area contributed by atoms with Crippen molar-refractivity contribution >= 4 is 63.3 Å². The number of β-lactam (4-membered cyclic amide) rings is 1. The number of ether oxygens (including phenoxy) is 1. The number of pyridine rings is 1. The van der Waals surface area contributed by atoms with Crippen LogP contribution in [0, 0.1) is 0 Å². The number of carbonyl (C=O) groups is 3. The lowest BCUT2D eigenvalue weighted by Crippen LogP contribution is -2.72. The highest BCUT2D eigenvalue weighted by molar-refractivity contribution is 8.03. The highest BCUT2D eigenvalue weighted by Gasteiger charge is 2.54. The van der Waals surface area contributed by atoms with Crippen LogP contribution in [-0.4, -0.2) is 62.8 Å². The average Bonchev–Trinajstić information content (AvgIpc) is 3.15. The van der Waals surface area contributed by atoms with Crippen LogP contribution < -0.4 is 11.1 Å². The number of hydrogen-bond acceptors (Lipinski definition) is 11.